The monoisotopic (exact) mass is 261 g/mol. The van der Waals surface area contributed by atoms with Gasteiger partial charge in [-0.1, -0.05) is 48.5 Å². The van der Waals surface area contributed by atoms with Gasteiger partial charge in [0.2, 0.25) is 0 Å². The van der Waals surface area contributed by atoms with Crippen molar-refractivity contribution in [3.8, 4) is 5.69 Å². The molecule has 0 aliphatic carbocycles. The number of hydrogen-bond acceptors (Lipinski definition) is 0. The molecule has 4 rings (SSSR count). The molecule has 98 valence electrons. The summed E-state index contributed by atoms with van der Waals surface area (Å²) in [6, 6.07) is 24.2. The van der Waals surface area contributed by atoms with Crippen LogP contribution in [-0.4, -0.2) is 4.57 Å². The van der Waals surface area contributed by atoms with Gasteiger partial charge in [-0.15, -0.1) is 0 Å². The van der Waals surface area contributed by atoms with Gasteiger partial charge in [-0.3, -0.25) is 0 Å². The molecule has 1 atom stereocenters. The molecule has 0 spiro atoms. The van der Waals surface area contributed by atoms with Gasteiger partial charge in [0.15, 0.2) is 6.04 Å². The van der Waals surface area contributed by atoms with Crippen LogP contribution in [0.2, 0.25) is 0 Å². The highest BCUT2D eigenvalue weighted by Crippen LogP contribution is 2.26. The molecule has 0 radical (unpaired) electrons. The van der Waals surface area contributed by atoms with Gasteiger partial charge in [-0.2, -0.15) is 0 Å². The van der Waals surface area contributed by atoms with Crippen molar-refractivity contribution in [1.29, 1.82) is 0 Å². The zero-order valence-corrected chi connectivity index (χ0v) is 11.2. The van der Waals surface area contributed by atoms with Crippen molar-refractivity contribution in [3.05, 3.63) is 89.7 Å². The molecule has 0 saturated heterocycles. The predicted molar refractivity (Wildman–Crippen MR) is 79.7 cm³/mol. The first kappa shape index (κ1) is 11.5. The van der Waals surface area contributed by atoms with E-state index in [0.29, 0.717) is 6.04 Å². The number of aromatic nitrogens is 1. The summed E-state index contributed by atoms with van der Waals surface area (Å²) in [6.07, 6.45) is 2.17. The Morgan fingerprint density at radius 3 is 2.55 bits per heavy atom. The van der Waals surface area contributed by atoms with Crippen molar-refractivity contribution < 1.29 is 5.32 Å². The Kier molecular flexibility index (Phi) is 2.68. The average molecular weight is 261 g/mol. The van der Waals surface area contributed by atoms with Gasteiger partial charge in [-0.25, -0.2) is 0 Å². The van der Waals surface area contributed by atoms with E-state index in [1.807, 2.05) is 0 Å². The molecule has 1 aliphatic heterocycles. The maximum Gasteiger partial charge on any atom is 0.153 e. The Morgan fingerprint density at radius 1 is 0.850 bits per heavy atom. The van der Waals surface area contributed by atoms with E-state index in [-0.39, 0.29) is 0 Å². The van der Waals surface area contributed by atoms with Gasteiger partial charge >= 0.3 is 0 Å². The number of para-hydroxylation sites is 1. The number of nitrogens with two attached hydrogens (primary N) is 1. The van der Waals surface area contributed by atoms with Crippen LogP contribution in [0.4, 0.5) is 0 Å². The Labute approximate surface area is 118 Å². The van der Waals surface area contributed by atoms with Gasteiger partial charge in [-0.05, 0) is 18.2 Å². The lowest BCUT2D eigenvalue weighted by molar-refractivity contribution is -0.702. The third kappa shape index (κ3) is 1.77. The summed E-state index contributed by atoms with van der Waals surface area (Å²) in [5.41, 5.74) is 5.41. The fourth-order valence-electron chi connectivity index (χ4n) is 3.12. The van der Waals surface area contributed by atoms with Crippen LogP contribution in [0.3, 0.4) is 0 Å². The second-order valence-electron chi connectivity index (χ2n) is 5.26. The molecular weight excluding hydrogens is 244 g/mol. The van der Waals surface area contributed by atoms with Crippen LogP contribution >= 0.6 is 0 Å². The maximum absolute atomic E-state index is 2.42. The van der Waals surface area contributed by atoms with Gasteiger partial charge in [0.25, 0.3) is 0 Å². The van der Waals surface area contributed by atoms with Gasteiger partial charge in [0, 0.05) is 17.3 Å². The minimum Gasteiger partial charge on any atom is -0.331 e. The highest BCUT2D eigenvalue weighted by molar-refractivity contribution is 5.45. The summed E-state index contributed by atoms with van der Waals surface area (Å²) in [5, 5.41) is 2.42. The van der Waals surface area contributed by atoms with Crippen LogP contribution < -0.4 is 5.32 Å². The first-order chi connectivity index (χ1) is 9.93. The minimum absolute atomic E-state index is 0.360. The summed E-state index contributed by atoms with van der Waals surface area (Å²) in [5.74, 6) is 0. The molecule has 2 nitrogen and oxygen atoms in total. The third-order valence-corrected chi connectivity index (χ3v) is 4.08. The van der Waals surface area contributed by atoms with Crippen LogP contribution in [0.25, 0.3) is 5.69 Å². The summed E-state index contributed by atoms with van der Waals surface area (Å²) in [7, 11) is 0. The van der Waals surface area contributed by atoms with E-state index in [4.69, 9.17) is 0 Å². The smallest absolute Gasteiger partial charge is 0.153 e. The van der Waals surface area contributed by atoms with E-state index in [9.17, 15) is 0 Å². The fraction of sp³-hybridized carbons (Fsp3) is 0.111. The highest BCUT2D eigenvalue weighted by atomic mass is 15.1. The van der Waals surface area contributed by atoms with E-state index in [1.54, 1.807) is 0 Å². The molecule has 1 unspecified atom stereocenters. The molecular formula is C18H17N2+. The topological polar surface area (TPSA) is 21.5 Å². The van der Waals surface area contributed by atoms with Crippen molar-refractivity contribution in [3.63, 3.8) is 0 Å². The molecule has 2 heteroatoms. The van der Waals surface area contributed by atoms with Crippen molar-refractivity contribution in [2.45, 2.75) is 12.6 Å². The van der Waals surface area contributed by atoms with Crippen molar-refractivity contribution in [2.24, 2.45) is 0 Å². The summed E-state index contributed by atoms with van der Waals surface area (Å²) >= 11 is 0. The second kappa shape index (κ2) is 4.66. The standard InChI is InChI=1S/C18H16N2/c1-2-7-14(8-3-1)18-17-11-6-12-20(17)16-10-5-4-9-15(16)13-19-18/h1-12,18-19H,13H2/p+1. The van der Waals surface area contributed by atoms with Crippen LogP contribution in [-0.2, 0) is 6.54 Å². The summed E-state index contributed by atoms with van der Waals surface area (Å²) in [6.45, 7) is 1.01. The zero-order valence-electron chi connectivity index (χ0n) is 11.2. The molecule has 1 aromatic heterocycles. The van der Waals surface area contributed by atoms with E-state index >= 15 is 0 Å². The van der Waals surface area contributed by atoms with Crippen LogP contribution in [0.1, 0.15) is 22.9 Å². The third-order valence-electron chi connectivity index (χ3n) is 4.08. The Bertz CT molecular complexity index is 728. The molecule has 0 saturated carbocycles. The number of fused-ring (bicyclic) bond motifs is 3. The van der Waals surface area contributed by atoms with Crippen molar-refractivity contribution >= 4 is 0 Å². The SMILES string of the molecule is c1ccc(C2[NH2+]Cc3ccccc3-n3cccc32)cc1. The summed E-state index contributed by atoms with van der Waals surface area (Å²) < 4.78 is 2.33. The Hall–Kier alpha value is -2.32. The molecule has 2 aromatic carbocycles. The van der Waals surface area contributed by atoms with Crippen LogP contribution in [0.5, 0.6) is 0 Å². The lowest BCUT2D eigenvalue weighted by atomic mass is 10.0. The first-order valence-electron chi connectivity index (χ1n) is 7.07. The van der Waals surface area contributed by atoms with E-state index in [0.717, 1.165) is 6.54 Å². The number of nitrogens with zero attached hydrogens (tertiary/aromatic N) is 1. The quantitative estimate of drug-likeness (QED) is 0.695. The van der Waals surface area contributed by atoms with Gasteiger partial charge in [0.1, 0.15) is 6.54 Å². The molecule has 0 fully saturated rings. The predicted octanol–water partition coefficient (Wildman–Crippen LogP) is 2.64. The normalized spacial score (nSPS) is 17.1. The minimum atomic E-state index is 0.360. The molecule has 2 heterocycles. The summed E-state index contributed by atoms with van der Waals surface area (Å²) in [4.78, 5) is 0. The number of benzene rings is 2. The first-order valence-corrected chi connectivity index (χ1v) is 7.07. The highest BCUT2D eigenvalue weighted by Gasteiger charge is 2.25. The molecule has 20 heavy (non-hydrogen) atoms. The fourth-order valence-corrected chi connectivity index (χ4v) is 3.12. The van der Waals surface area contributed by atoms with Gasteiger partial charge in [0.05, 0.1) is 11.4 Å². The molecule has 0 bridgehead atoms. The Balaban J connectivity index is 1.88. The largest absolute Gasteiger partial charge is 0.331 e. The van der Waals surface area contributed by atoms with Crippen LogP contribution in [0.15, 0.2) is 72.9 Å². The number of quaternary nitrogens is 1. The van der Waals surface area contributed by atoms with Crippen molar-refractivity contribution in [1.82, 2.24) is 4.57 Å². The lowest BCUT2D eigenvalue weighted by Crippen LogP contribution is -2.83. The average Bonchev–Trinajstić information content (AvgIpc) is 2.93. The molecule has 2 N–H and O–H groups in total. The zero-order chi connectivity index (χ0) is 13.4. The lowest BCUT2D eigenvalue weighted by Gasteiger charge is -2.14. The maximum atomic E-state index is 2.42. The van der Waals surface area contributed by atoms with E-state index in [2.05, 4.69) is 82.8 Å². The van der Waals surface area contributed by atoms with E-state index in [1.165, 1.54) is 22.5 Å². The Morgan fingerprint density at radius 2 is 1.65 bits per heavy atom. The molecule has 1 aliphatic rings. The molecule has 0 amide bonds. The number of rotatable bonds is 1. The van der Waals surface area contributed by atoms with E-state index < -0.39 is 0 Å². The van der Waals surface area contributed by atoms with Crippen LogP contribution in [0, 0.1) is 0 Å². The second-order valence-corrected chi connectivity index (χ2v) is 5.26. The molecule has 3 aromatic rings. The number of hydrogen-bond donors (Lipinski definition) is 1. The van der Waals surface area contributed by atoms with Gasteiger partial charge < -0.3 is 9.88 Å². The van der Waals surface area contributed by atoms with Crippen molar-refractivity contribution in [2.75, 3.05) is 0 Å².